The van der Waals surface area contributed by atoms with Crippen molar-refractivity contribution in [3.05, 3.63) is 26.7 Å². The van der Waals surface area contributed by atoms with Crippen molar-refractivity contribution < 1.29 is 9.59 Å². The van der Waals surface area contributed by atoms with Gasteiger partial charge in [-0.1, -0.05) is 37.0 Å². The van der Waals surface area contributed by atoms with Crippen LogP contribution in [0.15, 0.2) is 16.6 Å². The molecule has 21 heavy (non-hydrogen) atoms. The number of benzene rings is 1. The van der Waals surface area contributed by atoms with E-state index in [-0.39, 0.29) is 23.4 Å². The van der Waals surface area contributed by atoms with E-state index in [1.54, 1.807) is 12.1 Å². The van der Waals surface area contributed by atoms with Gasteiger partial charge in [0.1, 0.15) is 12.6 Å². The molecule has 4 nitrogen and oxygen atoms in total. The zero-order valence-electron chi connectivity index (χ0n) is 11.6. The molecule has 1 aliphatic heterocycles. The van der Waals surface area contributed by atoms with Crippen LogP contribution in [-0.2, 0) is 9.59 Å². The summed E-state index contributed by atoms with van der Waals surface area (Å²) in [4.78, 5) is 25.8. The van der Waals surface area contributed by atoms with Crippen LogP contribution in [0, 0.1) is 5.92 Å². The second-order valence-electron chi connectivity index (χ2n) is 5.37. The number of piperazine rings is 1. The van der Waals surface area contributed by atoms with E-state index >= 15 is 0 Å². The van der Waals surface area contributed by atoms with Crippen LogP contribution in [0.1, 0.15) is 20.3 Å². The van der Waals surface area contributed by atoms with Gasteiger partial charge in [0.15, 0.2) is 0 Å². The number of rotatable bonds is 3. The van der Waals surface area contributed by atoms with Crippen molar-refractivity contribution in [2.45, 2.75) is 26.3 Å². The Balaban J connectivity index is 2.36. The second kappa shape index (κ2) is 6.55. The topological polar surface area (TPSA) is 49.4 Å². The van der Waals surface area contributed by atoms with E-state index in [9.17, 15) is 9.59 Å². The Kier molecular flexibility index (Phi) is 5.17. The highest BCUT2D eigenvalue weighted by atomic mass is 79.9. The van der Waals surface area contributed by atoms with Crippen molar-refractivity contribution in [2.24, 2.45) is 5.92 Å². The first kappa shape index (κ1) is 16.6. The predicted molar refractivity (Wildman–Crippen MR) is 87.9 cm³/mol. The summed E-state index contributed by atoms with van der Waals surface area (Å²) in [6.45, 7) is 3.95. The zero-order chi connectivity index (χ0) is 15.7. The predicted octanol–water partition coefficient (Wildman–Crippen LogP) is 3.63. The second-order valence-corrected chi connectivity index (χ2v) is 6.98. The third-order valence-electron chi connectivity index (χ3n) is 3.21. The maximum atomic E-state index is 12.6. The molecule has 1 heterocycles. The van der Waals surface area contributed by atoms with E-state index in [1.807, 2.05) is 13.8 Å². The fraction of sp³-hybridized carbons (Fsp3) is 0.429. The Labute approximate surface area is 141 Å². The van der Waals surface area contributed by atoms with Crippen molar-refractivity contribution in [2.75, 3.05) is 11.4 Å². The molecule has 1 atom stereocenters. The first-order chi connectivity index (χ1) is 9.81. The van der Waals surface area contributed by atoms with Crippen LogP contribution in [0.25, 0.3) is 0 Å². The molecule has 1 aromatic carbocycles. The van der Waals surface area contributed by atoms with E-state index in [0.29, 0.717) is 27.5 Å². The highest BCUT2D eigenvalue weighted by Gasteiger charge is 2.35. The number of amides is 2. The molecule has 2 rings (SSSR count). The average Bonchev–Trinajstić information content (AvgIpc) is 2.40. The molecule has 0 bridgehead atoms. The Hall–Kier alpha value is -0.780. The van der Waals surface area contributed by atoms with E-state index in [2.05, 4.69) is 21.2 Å². The van der Waals surface area contributed by atoms with Gasteiger partial charge in [-0.3, -0.25) is 14.5 Å². The molecule has 7 heteroatoms. The van der Waals surface area contributed by atoms with Gasteiger partial charge in [0.25, 0.3) is 0 Å². The van der Waals surface area contributed by atoms with Gasteiger partial charge < -0.3 is 5.32 Å². The van der Waals surface area contributed by atoms with Crippen molar-refractivity contribution in [1.82, 2.24) is 5.32 Å². The Bertz CT molecular complexity index is 593. The van der Waals surface area contributed by atoms with E-state index in [1.165, 1.54) is 4.90 Å². The number of nitrogens with one attached hydrogen (secondary N) is 1. The van der Waals surface area contributed by atoms with Gasteiger partial charge in [0, 0.05) is 4.47 Å². The molecule has 2 amide bonds. The van der Waals surface area contributed by atoms with Crippen molar-refractivity contribution >= 4 is 56.6 Å². The van der Waals surface area contributed by atoms with Crippen LogP contribution in [0.5, 0.6) is 0 Å². The number of anilines is 1. The molecule has 0 saturated carbocycles. The summed E-state index contributed by atoms with van der Waals surface area (Å²) >= 11 is 15.6. The molecular formula is C14H15BrCl2N2O2. The molecule has 0 aliphatic carbocycles. The van der Waals surface area contributed by atoms with E-state index in [0.717, 1.165) is 0 Å². The first-order valence-corrected chi connectivity index (χ1v) is 8.10. The van der Waals surface area contributed by atoms with Gasteiger partial charge in [0.2, 0.25) is 11.8 Å². The minimum Gasteiger partial charge on any atom is -0.343 e. The minimum atomic E-state index is -0.523. The number of carbonyl (C=O) groups is 2. The fourth-order valence-electron chi connectivity index (χ4n) is 2.27. The van der Waals surface area contributed by atoms with E-state index in [4.69, 9.17) is 23.2 Å². The SMILES string of the molecule is CC(C)CC1NC(=O)CN(c2ccc(Br)c(Cl)c2Cl)C1=O. The van der Waals surface area contributed by atoms with Crippen molar-refractivity contribution in [3.8, 4) is 0 Å². The number of hydrogen-bond donors (Lipinski definition) is 1. The molecule has 1 aliphatic rings. The monoisotopic (exact) mass is 392 g/mol. The van der Waals surface area contributed by atoms with Gasteiger partial charge in [0.05, 0.1) is 15.7 Å². The van der Waals surface area contributed by atoms with Gasteiger partial charge >= 0.3 is 0 Å². The van der Waals surface area contributed by atoms with E-state index < -0.39 is 6.04 Å². The van der Waals surface area contributed by atoms with Crippen LogP contribution in [0.4, 0.5) is 5.69 Å². The van der Waals surface area contributed by atoms with Gasteiger partial charge in [-0.25, -0.2) is 0 Å². The van der Waals surface area contributed by atoms with Gasteiger partial charge in [-0.2, -0.15) is 0 Å². The normalized spacial score (nSPS) is 19.1. The van der Waals surface area contributed by atoms with Gasteiger partial charge in [-0.05, 0) is 40.4 Å². The van der Waals surface area contributed by atoms with Crippen molar-refractivity contribution in [3.63, 3.8) is 0 Å². The lowest BCUT2D eigenvalue weighted by atomic mass is 10.0. The summed E-state index contributed by atoms with van der Waals surface area (Å²) in [5.74, 6) is -0.0675. The number of carbonyl (C=O) groups excluding carboxylic acids is 2. The summed E-state index contributed by atoms with van der Waals surface area (Å²) in [6.07, 6.45) is 0.586. The highest BCUT2D eigenvalue weighted by molar-refractivity contribution is 9.10. The zero-order valence-corrected chi connectivity index (χ0v) is 14.7. The standard InChI is InChI=1S/C14H15BrCl2N2O2/c1-7(2)5-9-14(21)19(6-11(20)18-9)10-4-3-8(15)12(16)13(10)17/h3-4,7,9H,5-6H2,1-2H3,(H,18,20). The maximum absolute atomic E-state index is 12.6. The Morgan fingerprint density at radius 1 is 1.33 bits per heavy atom. The van der Waals surface area contributed by atoms with Crippen LogP contribution < -0.4 is 10.2 Å². The lowest BCUT2D eigenvalue weighted by Gasteiger charge is -2.33. The summed E-state index contributed by atoms with van der Waals surface area (Å²) in [5.41, 5.74) is 0.457. The molecule has 1 N–H and O–H groups in total. The minimum absolute atomic E-state index is 0.0505. The lowest BCUT2D eigenvalue weighted by molar-refractivity contribution is -0.131. The third kappa shape index (κ3) is 3.52. The average molecular weight is 394 g/mol. The largest absolute Gasteiger partial charge is 0.343 e. The maximum Gasteiger partial charge on any atom is 0.250 e. The fourth-order valence-corrected chi connectivity index (χ4v) is 3.14. The van der Waals surface area contributed by atoms with Crippen LogP contribution >= 0.6 is 39.1 Å². The number of halogens is 3. The van der Waals surface area contributed by atoms with Crippen LogP contribution in [-0.4, -0.2) is 24.4 Å². The molecule has 1 unspecified atom stereocenters. The molecule has 0 radical (unpaired) electrons. The molecule has 1 fully saturated rings. The smallest absolute Gasteiger partial charge is 0.250 e. The summed E-state index contributed by atoms with van der Waals surface area (Å²) in [7, 11) is 0. The van der Waals surface area contributed by atoms with Crippen LogP contribution in [0.2, 0.25) is 10.0 Å². The molecule has 1 saturated heterocycles. The van der Waals surface area contributed by atoms with Crippen molar-refractivity contribution in [1.29, 1.82) is 0 Å². The number of nitrogens with zero attached hydrogens (tertiary/aromatic N) is 1. The lowest BCUT2D eigenvalue weighted by Crippen LogP contribution is -2.58. The molecule has 1 aromatic rings. The number of hydrogen-bond acceptors (Lipinski definition) is 2. The quantitative estimate of drug-likeness (QED) is 0.797. The summed E-state index contributed by atoms with van der Waals surface area (Å²) in [6, 6.07) is 2.87. The highest BCUT2D eigenvalue weighted by Crippen LogP contribution is 2.38. The molecular weight excluding hydrogens is 379 g/mol. The summed E-state index contributed by atoms with van der Waals surface area (Å²) < 4.78 is 0.644. The molecule has 114 valence electrons. The molecule has 0 spiro atoms. The Morgan fingerprint density at radius 2 is 2.00 bits per heavy atom. The summed E-state index contributed by atoms with van der Waals surface area (Å²) in [5, 5.41) is 3.32. The van der Waals surface area contributed by atoms with Crippen LogP contribution in [0.3, 0.4) is 0 Å². The van der Waals surface area contributed by atoms with Gasteiger partial charge in [-0.15, -0.1) is 0 Å². The first-order valence-electron chi connectivity index (χ1n) is 6.55. The third-order valence-corrected chi connectivity index (χ3v) is 4.97. The molecule has 0 aromatic heterocycles. The Morgan fingerprint density at radius 3 is 2.62 bits per heavy atom.